The van der Waals surface area contributed by atoms with E-state index < -0.39 is 0 Å². The highest BCUT2D eigenvalue weighted by molar-refractivity contribution is 5.84. The molecular weight excluding hydrogens is 366 g/mol. The van der Waals surface area contributed by atoms with Crippen molar-refractivity contribution in [2.75, 3.05) is 6.54 Å². The fraction of sp³-hybridized carbons (Fsp3) is 0.185. The maximum absolute atomic E-state index is 3.66. The van der Waals surface area contributed by atoms with Crippen molar-refractivity contribution in [1.82, 2.24) is 14.9 Å². The average molecular weight is 394 g/mol. The summed E-state index contributed by atoms with van der Waals surface area (Å²) in [6.45, 7) is 4.93. The zero-order valence-electron chi connectivity index (χ0n) is 17.4. The van der Waals surface area contributed by atoms with Gasteiger partial charge in [0.25, 0.3) is 0 Å². The topological polar surface area (TPSA) is 32.8 Å². The molecule has 0 saturated heterocycles. The van der Waals surface area contributed by atoms with Crippen molar-refractivity contribution in [3.8, 4) is 0 Å². The molecule has 5 aromatic rings. The number of hydrogen-bond acceptors (Lipinski definition) is 1. The molecule has 0 fully saturated rings. The highest BCUT2D eigenvalue weighted by atomic mass is 15.0. The summed E-state index contributed by atoms with van der Waals surface area (Å²) < 4.78 is 2.38. The van der Waals surface area contributed by atoms with Crippen molar-refractivity contribution in [3.05, 3.63) is 107 Å². The van der Waals surface area contributed by atoms with E-state index in [4.69, 9.17) is 0 Å². The number of aromatic nitrogens is 2. The average Bonchev–Trinajstić information content (AvgIpc) is 3.35. The Kier molecular flexibility index (Phi) is 5.12. The van der Waals surface area contributed by atoms with E-state index in [1.807, 2.05) is 0 Å². The predicted octanol–water partition coefficient (Wildman–Crippen LogP) is 5.81. The number of benzene rings is 3. The molecule has 0 radical (unpaired) electrons. The van der Waals surface area contributed by atoms with Gasteiger partial charge in [-0.2, -0.15) is 0 Å². The van der Waals surface area contributed by atoms with Gasteiger partial charge in [-0.3, -0.25) is 0 Å². The number of hydrogen-bond donors (Lipinski definition) is 2. The van der Waals surface area contributed by atoms with E-state index in [9.17, 15) is 0 Å². The van der Waals surface area contributed by atoms with Crippen molar-refractivity contribution >= 4 is 21.8 Å². The van der Waals surface area contributed by atoms with Crippen LogP contribution < -0.4 is 5.32 Å². The Morgan fingerprint density at radius 3 is 2.47 bits per heavy atom. The number of rotatable bonds is 7. The third-order valence-electron chi connectivity index (χ3n) is 6.03. The third kappa shape index (κ3) is 3.64. The molecule has 3 aromatic carbocycles. The number of nitrogens with zero attached hydrogens (tertiary/aromatic N) is 1. The van der Waals surface area contributed by atoms with Crippen LogP contribution in [0.25, 0.3) is 21.8 Å². The lowest BCUT2D eigenvalue weighted by molar-refractivity contribution is 0.687. The van der Waals surface area contributed by atoms with Gasteiger partial charge in [-0.05, 0) is 54.3 Å². The zero-order chi connectivity index (χ0) is 20.3. The van der Waals surface area contributed by atoms with Crippen LogP contribution in [0.3, 0.4) is 0 Å². The van der Waals surface area contributed by atoms with Gasteiger partial charge in [0, 0.05) is 47.3 Å². The van der Waals surface area contributed by atoms with Gasteiger partial charge in [-0.25, -0.2) is 0 Å². The van der Waals surface area contributed by atoms with Crippen LogP contribution in [0.4, 0.5) is 0 Å². The Labute approximate surface area is 177 Å². The highest BCUT2D eigenvalue weighted by Crippen LogP contribution is 2.23. The summed E-state index contributed by atoms with van der Waals surface area (Å²) in [5.74, 6) is 0. The Balaban J connectivity index is 1.30. The Hall–Kier alpha value is -3.30. The van der Waals surface area contributed by atoms with Gasteiger partial charge in [-0.15, -0.1) is 0 Å². The molecule has 0 atom stereocenters. The first kappa shape index (κ1) is 18.7. The normalized spacial score (nSPS) is 11.5. The van der Waals surface area contributed by atoms with Crippen LogP contribution in [0.15, 0.2) is 85.2 Å². The number of H-pyrrole nitrogens is 1. The lowest BCUT2D eigenvalue weighted by atomic mass is 10.1. The minimum absolute atomic E-state index is 0.879. The number of nitrogens with one attached hydrogen (secondary N) is 2. The molecule has 2 heterocycles. The summed E-state index contributed by atoms with van der Waals surface area (Å²) >= 11 is 0. The van der Waals surface area contributed by atoms with Crippen LogP contribution in [0, 0.1) is 6.92 Å². The van der Waals surface area contributed by atoms with Gasteiger partial charge in [0.2, 0.25) is 0 Å². The SMILES string of the molecule is Cc1ccccc1Cn1cc(CNCCc2c[nH]c3ccccc23)c2ccccc21. The zero-order valence-corrected chi connectivity index (χ0v) is 17.4. The van der Waals surface area contributed by atoms with Gasteiger partial charge < -0.3 is 14.9 Å². The summed E-state index contributed by atoms with van der Waals surface area (Å²) in [6.07, 6.45) is 5.47. The molecule has 0 unspecified atom stereocenters. The summed E-state index contributed by atoms with van der Waals surface area (Å²) in [4.78, 5) is 3.37. The lowest BCUT2D eigenvalue weighted by Crippen LogP contribution is -2.16. The van der Waals surface area contributed by atoms with Crippen LogP contribution in [0.5, 0.6) is 0 Å². The van der Waals surface area contributed by atoms with Crippen LogP contribution in [-0.4, -0.2) is 16.1 Å². The largest absolute Gasteiger partial charge is 0.361 e. The maximum Gasteiger partial charge on any atom is 0.0486 e. The molecule has 150 valence electrons. The first-order valence-corrected chi connectivity index (χ1v) is 10.7. The Morgan fingerprint density at radius 2 is 1.57 bits per heavy atom. The lowest BCUT2D eigenvalue weighted by Gasteiger charge is -2.08. The summed E-state index contributed by atoms with van der Waals surface area (Å²) in [6, 6.07) is 25.9. The minimum atomic E-state index is 0.879. The Bertz CT molecular complexity index is 1290. The van der Waals surface area contributed by atoms with Crippen LogP contribution >= 0.6 is 0 Å². The second kappa shape index (κ2) is 8.21. The quantitative estimate of drug-likeness (QED) is 0.336. The van der Waals surface area contributed by atoms with Gasteiger partial charge in [0.05, 0.1) is 0 Å². The van der Waals surface area contributed by atoms with E-state index >= 15 is 0 Å². The fourth-order valence-corrected chi connectivity index (χ4v) is 4.35. The number of aryl methyl sites for hydroxylation is 1. The maximum atomic E-state index is 3.66. The van der Waals surface area contributed by atoms with Crippen molar-refractivity contribution in [2.45, 2.75) is 26.4 Å². The molecule has 0 bridgehead atoms. The minimum Gasteiger partial charge on any atom is -0.361 e. The second-order valence-corrected chi connectivity index (χ2v) is 8.01. The summed E-state index contributed by atoms with van der Waals surface area (Å²) in [7, 11) is 0. The number of aromatic amines is 1. The fourth-order valence-electron chi connectivity index (χ4n) is 4.35. The molecule has 0 aliphatic heterocycles. The molecule has 3 heteroatoms. The van der Waals surface area contributed by atoms with Crippen molar-refractivity contribution in [3.63, 3.8) is 0 Å². The molecular formula is C27H27N3. The first-order chi connectivity index (χ1) is 14.8. The smallest absolute Gasteiger partial charge is 0.0486 e. The number of para-hydroxylation sites is 2. The molecule has 5 rings (SSSR count). The van der Waals surface area contributed by atoms with E-state index in [0.717, 1.165) is 26.1 Å². The standard InChI is InChI=1S/C27H27N3/c1-20-8-2-3-9-22(20)18-30-19-23(25-11-5-7-13-27(25)30)16-28-15-14-21-17-29-26-12-6-4-10-24(21)26/h2-13,17,19,28-29H,14-16,18H2,1H3. The van der Waals surface area contributed by atoms with E-state index in [-0.39, 0.29) is 0 Å². The highest BCUT2D eigenvalue weighted by Gasteiger charge is 2.09. The van der Waals surface area contributed by atoms with Gasteiger partial charge in [-0.1, -0.05) is 60.7 Å². The van der Waals surface area contributed by atoms with Gasteiger partial charge in [0.15, 0.2) is 0 Å². The van der Waals surface area contributed by atoms with Gasteiger partial charge >= 0.3 is 0 Å². The van der Waals surface area contributed by atoms with E-state index in [1.165, 1.54) is 44.1 Å². The second-order valence-electron chi connectivity index (χ2n) is 8.01. The Morgan fingerprint density at radius 1 is 0.800 bits per heavy atom. The van der Waals surface area contributed by atoms with Crippen molar-refractivity contribution in [1.29, 1.82) is 0 Å². The summed E-state index contributed by atoms with van der Waals surface area (Å²) in [5.41, 5.74) is 7.96. The third-order valence-corrected chi connectivity index (χ3v) is 6.03. The van der Waals surface area contributed by atoms with Gasteiger partial charge in [0.1, 0.15) is 0 Å². The molecule has 2 N–H and O–H groups in total. The molecule has 0 aliphatic rings. The molecule has 0 spiro atoms. The molecule has 0 saturated carbocycles. The molecule has 0 aliphatic carbocycles. The van der Waals surface area contributed by atoms with Crippen molar-refractivity contribution < 1.29 is 0 Å². The molecule has 2 aromatic heterocycles. The van der Waals surface area contributed by atoms with Crippen LogP contribution in [0.2, 0.25) is 0 Å². The first-order valence-electron chi connectivity index (χ1n) is 10.7. The van der Waals surface area contributed by atoms with Crippen LogP contribution in [0.1, 0.15) is 22.3 Å². The summed E-state index contributed by atoms with van der Waals surface area (Å²) in [5, 5.41) is 6.32. The molecule has 0 amide bonds. The van der Waals surface area contributed by atoms with Crippen molar-refractivity contribution in [2.24, 2.45) is 0 Å². The molecule has 30 heavy (non-hydrogen) atoms. The number of fused-ring (bicyclic) bond motifs is 2. The van der Waals surface area contributed by atoms with E-state index in [1.54, 1.807) is 0 Å². The predicted molar refractivity (Wildman–Crippen MR) is 126 cm³/mol. The monoisotopic (exact) mass is 393 g/mol. The van der Waals surface area contributed by atoms with E-state index in [0.29, 0.717) is 0 Å². The molecule has 3 nitrogen and oxygen atoms in total. The van der Waals surface area contributed by atoms with Crippen LogP contribution in [-0.2, 0) is 19.5 Å². The van der Waals surface area contributed by atoms with E-state index in [2.05, 4.69) is 107 Å².